The van der Waals surface area contributed by atoms with Crippen LogP contribution in [0.2, 0.25) is 5.02 Å². The van der Waals surface area contributed by atoms with Crippen molar-refractivity contribution in [1.29, 1.82) is 0 Å². The van der Waals surface area contributed by atoms with Crippen LogP contribution >= 0.6 is 39.9 Å². The topological polar surface area (TPSA) is 41.1 Å². The van der Waals surface area contributed by atoms with Crippen LogP contribution in [0.3, 0.4) is 0 Å². The molecule has 1 rings (SSSR count). The molecule has 19 heavy (non-hydrogen) atoms. The summed E-state index contributed by atoms with van der Waals surface area (Å²) in [5.41, 5.74) is 1.06. The summed E-state index contributed by atoms with van der Waals surface area (Å²) in [5.74, 6) is 0.0815. The second kappa shape index (κ2) is 10.5. The van der Waals surface area contributed by atoms with E-state index in [1.165, 1.54) is 0 Å². The molecular weight excluding hydrogens is 351 g/mol. The third-order valence-electron chi connectivity index (χ3n) is 2.55. The van der Waals surface area contributed by atoms with E-state index in [0.29, 0.717) is 17.9 Å². The lowest BCUT2D eigenvalue weighted by Gasteiger charge is -2.07. The number of rotatable bonds is 7. The summed E-state index contributed by atoms with van der Waals surface area (Å²) in [6, 6.07) is 5.62. The van der Waals surface area contributed by atoms with Gasteiger partial charge in [-0.15, -0.1) is 12.4 Å². The average molecular weight is 370 g/mol. The molecule has 0 saturated heterocycles. The Morgan fingerprint density at radius 2 is 2.11 bits per heavy atom. The molecule has 2 N–H and O–H groups in total. The summed E-state index contributed by atoms with van der Waals surface area (Å²) in [4.78, 5) is 11.6. The van der Waals surface area contributed by atoms with Gasteiger partial charge in [0, 0.05) is 22.5 Å². The van der Waals surface area contributed by atoms with E-state index in [1.807, 2.05) is 25.2 Å². The molecule has 0 aliphatic carbocycles. The fourth-order valence-corrected chi connectivity index (χ4v) is 2.20. The first-order valence-electron chi connectivity index (χ1n) is 5.98. The van der Waals surface area contributed by atoms with E-state index in [0.717, 1.165) is 29.5 Å². The van der Waals surface area contributed by atoms with Gasteiger partial charge in [0.1, 0.15) is 0 Å². The summed E-state index contributed by atoms with van der Waals surface area (Å²) in [7, 11) is 1.90. The highest BCUT2D eigenvalue weighted by molar-refractivity contribution is 9.10. The van der Waals surface area contributed by atoms with E-state index < -0.39 is 0 Å². The van der Waals surface area contributed by atoms with Crippen molar-refractivity contribution in [2.75, 3.05) is 20.1 Å². The zero-order valence-electron chi connectivity index (χ0n) is 10.8. The molecule has 6 heteroatoms. The third-order valence-corrected chi connectivity index (χ3v) is 3.56. The van der Waals surface area contributed by atoms with Crippen molar-refractivity contribution in [1.82, 2.24) is 10.6 Å². The van der Waals surface area contributed by atoms with E-state index in [4.69, 9.17) is 11.6 Å². The molecule has 0 saturated carbocycles. The second-order valence-corrected chi connectivity index (χ2v) is 5.33. The van der Waals surface area contributed by atoms with Crippen LogP contribution in [0.5, 0.6) is 0 Å². The molecule has 0 aliphatic heterocycles. The molecule has 0 radical (unpaired) electrons. The number of halogens is 3. The van der Waals surface area contributed by atoms with Gasteiger partial charge in [0.05, 0.1) is 0 Å². The van der Waals surface area contributed by atoms with Crippen LogP contribution in [0, 0.1) is 0 Å². The van der Waals surface area contributed by atoms with Gasteiger partial charge in [-0.2, -0.15) is 0 Å². The van der Waals surface area contributed by atoms with Crippen molar-refractivity contribution in [3.63, 3.8) is 0 Å². The van der Waals surface area contributed by atoms with Crippen LogP contribution in [0.1, 0.15) is 18.4 Å². The molecule has 0 aliphatic rings. The molecule has 0 aromatic heterocycles. The first kappa shape index (κ1) is 18.7. The lowest BCUT2D eigenvalue weighted by atomic mass is 10.1. The van der Waals surface area contributed by atoms with Crippen molar-refractivity contribution in [2.45, 2.75) is 19.3 Å². The summed E-state index contributed by atoms with van der Waals surface area (Å²) in [6.07, 6.45) is 2.13. The van der Waals surface area contributed by atoms with Gasteiger partial charge in [0.25, 0.3) is 0 Å². The molecule has 1 amide bonds. The third kappa shape index (κ3) is 7.78. The first-order chi connectivity index (χ1) is 8.63. The second-order valence-electron chi connectivity index (χ2n) is 4.04. The average Bonchev–Trinajstić information content (AvgIpc) is 2.36. The van der Waals surface area contributed by atoms with Crippen LogP contribution in [0.15, 0.2) is 22.7 Å². The fraction of sp³-hybridized carbons (Fsp3) is 0.462. The minimum absolute atomic E-state index is 0. The minimum atomic E-state index is 0. The number of carbonyl (C=O) groups is 1. The Bertz CT molecular complexity index is 402. The Balaban J connectivity index is 0.00000324. The standard InChI is InChI=1S/C13H18BrClN2O.ClH/c1-16-7-2-8-17-13(18)6-3-10-9-11(15)4-5-12(10)14;/h4-5,9,16H,2-3,6-8H2,1H3,(H,17,18);1H. The smallest absolute Gasteiger partial charge is 0.220 e. The maximum absolute atomic E-state index is 11.6. The molecular formula is C13H19BrCl2N2O. The van der Waals surface area contributed by atoms with Crippen LogP contribution in [-0.2, 0) is 11.2 Å². The molecule has 3 nitrogen and oxygen atoms in total. The molecule has 0 unspecified atom stereocenters. The first-order valence-corrected chi connectivity index (χ1v) is 7.16. The predicted octanol–water partition coefficient (Wildman–Crippen LogP) is 3.18. The van der Waals surface area contributed by atoms with E-state index in [9.17, 15) is 4.79 Å². The van der Waals surface area contributed by atoms with Crippen LogP contribution < -0.4 is 10.6 Å². The zero-order chi connectivity index (χ0) is 13.4. The van der Waals surface area contributed by atoms with Gasteiger partial charge in [0.2, 0.25) is 5.91 Å². The van der Waals surface area contributed by atoms with Gasteiger partial charge in [-0.1, -0.05) is 27.5 Å². The van der Waals surface area contributed by atoms with Gasteiger partial charge in [0.15, 0.2) is 0 Å². The normalized spacial score (nSPS) is 9.84. The van der Waals surface area contributed by atoms with E-state index in [-0.39, 0.29) is 18.3 Å². The number of nitrogens with one attached hydrogen (secondary N) is 2. The van der Waals surface area contributed by atoms with Crippen molar-refractivity contribution < 1.29 is 4.79 Å². The Morgan fingerprint density at radius 3 is 2.79 bits per heavy atom. The van der Waals surface area contributed by atoms with Crippen molar-refractivity contribution in [3.8, 4) is 0 Å². The van der Waals surface area contributed by atoms with Crippen LogP contribution in [0.25, 0.3) is 0 Å². The monoisotopic (exact) mass is 368 g/mol. The fourth-order valence-electron chi connectivity index (χ4n) is 1.56. The highest BCUT2D eigenvalue weighted by atomic mass is 79.9. The molecule has 1 aromatic carbocycles. The number of hydrogen-bond donors (Lipinski definition) is 2. The zero-order valence-corrected chi connectivity index (χ0v) is 14.0. The van der Waals surface area contributed by atoms with E-state index >= 15 is 0 Å². The summed E-state index contributed by atoms with van der Waals surface area (Å²) in [6.45, 7) is 1.64. The summed E-state index contributed by atoms with van der Waals surface area (Å²) < 4.78 is 0.995. The predicted molar refractivity (Wildman–Crippen MR) is 86.3 cm³/mol. The number of amides is 1. The van der Waals surface area contributed by atoms with Crippen molar-refractivity contribution in [2.24, 2.45) is 0 Å². The molecule has 0 spiro atoms. The highest BCUT2D eigenvalue weighted by Gasteiger charge is 2.05. The summed E-state index contributed by atoms with van der Waals surface area (Å²) >= 11 is 9.38. The maximum Gasteiger partial charge on any atom is 0.220 e. The SMILES string of the molecule is CNCCCNC(=O)CCc1cc(Cl)ccc1Br.Cl. The Morgan fingerprint density at radius 1 is 1.37 bits per heavy atom. The molecule has 108 valence electrons. The maximum atomic E-state index is 11.6. The minimum Gasteiger partial charge on any atom is -0.356 e. The largest absolute Gasteiger partial charge is 0.356 e. The van der Waals surface area contributed by atoms with Gasteiger partial charge in [-0.3, -0.25) is 4.79 Å². The van der Waals surface area contributed by atoms with Crippen LogP contribution in [0.4, 0.5) is 0 Å². The number of aryl methyl sites for hydroxylation is 1. The van der Waals surface area contributed by atoms with Crippen LogP contribution in [-0.4, -0.2) is 26.0 Å². The number of hydrogen-bond acceptors (Lipinski definition) is 2. The molecule has 0 atom stereocenters. The quantitative estimate of drug-likeness (QED) is 0.724. The highest BCUT2D eigenvalue weighted by Crippen LogP contribution is 2.22. The van der Waals surface area contributed by atoms with Gasteiger partial charge in [-0.25, -0.2) is 0 Å². The van der Waals surface area contributed by atoms with Gasteiger partial charge >= 0.3 is 0 Å². The number of carbonyl (C=O) groups excluding carboxylic acids is 1. The lowest BCUT2D eigenvalue weighted by molar-refractivity contribution is -0.121. The molecule has 0 bridgehead atoms. The van der Waals surface area contributed by atoms with E-state index in [1.54, 1.807) is 0 Å². The lowest BCUT2D eigenvalue weighted by Crippen LogP contribution is -2.26. The number of benzene rings is 1. The molecule has 1 aromatic rings. The van der Waals surface area contributed by atoms with E-state index in [2.05, 4.69) is 26.6 Å². The molecule has 0 heterocycles. The molecule has 0 fully saturated rings. The van der Waals surface area contributed by atoms with Gasteiger partial charge < -0.3 is 10.6 Å². The van der Waals surface area contributed by atoms with Gasteiger partial charge in [-0.05, 0) is 50.2 Å². The Kier molecular flexibility index (Phi) is 10.3. The van der Waals surface area contributed by atoms with Crippen molar-refractivity contribution >= 4 is 45.8 Å². The Hall–Kier alpha value is -0.290. The van der Waals surface area contributed by atoms with Crippen molar-refractivity contribution in [3.05, 3.63) is 33.3 Å². The summed E-state index contributed by atoms with van der Waals surface area (Å²) in [5, 5.41) is 6.63. The Labute approximate surface area is 134 Å².